The van der Waals surface area contributed by atoms with Crippen molar-refractivity contribution in [2.75, 3.05) is 23.4 Å². The number of cyclic esters (lactones) is 1. The molecule has 1 saturated carbocycles. The summed E-state index contributed by atoms with van der Waals surface area (Å²) in [6.45, 7) is 2.71. The molecule has 1 saturated heterocycles. The number of nitriles is 1. The zero-order valence-corrected chi connectivity index (χ0v) is 12.4. The lowest BCUT2D eigenvalue weighted by Gasteiger charge is -2.33. The van der Waals surface area contributed by atoms with Gasteiger partial charge in [-0.2, -0.15) is 5.26 Å². The lowest BCUT2D eigenvalue weighted by molar-refractivity contribution is -0.126. The van der Waals surface area contributed by atoms with E-state index in [1.807, 2.05) is 13.0 Å². The Morgan fingerprint density at radius 3 is 2.77 bits per heavy atom. The summed E-state index contributed by atoms with van der Waals surface area (Å²) >= 11 is 0. The van der Waals surface area contributed by atoms with Gasteiger partial charge >= 0.3 is 6.09 Å². The van der Waals surface area contributed by atoms with Crippen molar-refractivity contribution >= 4 is 23.4 Å². The van der Waals surface area contributed by atoms with Crippen LogP contribution in [0.3, 0.4) is 0 Å². The monoisotopic (exact) mass is 299 g/mol. The summed E-state index contributed by atoms with van der Waals surface area (Å²) in [6.07, 6.45) is 1.73. The Morgan fingerprint density at radius 2 is 2.23 bits per heavy atom. The third-order valence-electron chi connectivity index (χ3n) is 4.46. The third kappa shape index (κ3) is 2.19. The minimum absolute atomic E-state index is 0.259. The number of nitrogens with zero attached hydrogens (tertiary/aromatic N) is 2. The van der Waals surface area contributed by atoms with Gasteiger partial charge in [0.1, 0.15) is 12.0 Å². The highest BCUT2D eigenvalue weighted by Gasteiger charge is 2.44. The van der Waals surface area contributed by atoms with Crippen molar-refractivity contribution in [3.63, 3.8) is 0 Å². The highest BCUT2D eigenvalue weighted by Crippen LogP contribution is 2.41. The minimum atomic E-state index is -0.894. The average molecular weight is 299 g/mol. The van der Waals surface area contributed by atoms with E-state index in [-0.39, 0.29) is 12.0 Å². The number of amides is 2. The van der Waals surface area contributed by atoms with Crippen molar-refractivity contribution in [2.45, 2.75) is 26.2 Å². The lowest BCUT2D eigenvalue weighted by Crippen LogP contribution is -2.40. The fraction of sp³-hybridized carbons (Fsp3) is 0.438. The van der Waals surface area contributed by atoms with E-state index >= 15 is 0 Å². The van der Waals surface area contributed by atoms with E-state index in [1.54, 1.807) is 17.0 Å². The van der Waals surface area contributed by atoms with Gasteiger partial charge < -0.3 is 10.1 Å². The zero-order chi connectivity index (χ0) is 15.7. The van der Waals surface area contributed by atoms with Crippen molar-refractivity contribution in [3.8, 4) is 6.07 Å². The fourth-order valence-corrected chi connectivity index (χ4v) is 2.83. The van der Waals surface area contributed by atoms with Crippen molar-refractivity contribution in [1.29, 1.82) is 5.26 Å². The van der Waals surface area contributed by atoms with Crippen LogP contribution in [0.4, 0.5) is 16.2 Å². The quantitative estimate of drug-likeness (QED) is 0.930. The summed E-state index contributed by atoms with van der Waals surface area (Å²) in [7, 11) is 0. The van der Waals surface area contributed by atoms with Gasteiger partial charge in [0.05, 0.1) is 18.3 Å². The normalized spacial score (nSPS) is 19.1. The number of carbonyl (C=O) groups excluding carboxylic acids is 2. The second kappa shape index (κ2) is 5.34. The van der Waals surface area contributed by atoms with Gasteiger partial charge in [-0.25, -0.2) is 4.79 Å². The van der Waals surface area contributed by atoms with Crippen LogP contribution in [-0.2, 0) is 9.53 Å². The van der Waals surface area contributed by atoms with Gasteiger partial charge in [-0.3, -0.25) is 9.69 Å². The largest absolute Gasteiger partial charge is 0.447 e. The Balaban J connectivity index is 1.85. The van der Waals surface area contributed by atoms with Crippen molar-refractivity contribution in [2.24, 2.45) is 5.41 Å². The summed E-state index contributed by atoms with van der Waals surface area (Å²) in [5.74, 6) is -0.259. The first-order valence-electron chi connectivity index (χ1n) is 7.34. The molecule has 2 aliphatic rings. The van der Waals surface area contributed by atoms with Crippen molar-refractivity contribution in [1.82, 2.24) is 0 Å². The molecule has 1 aliphatic heterocycles. The van der Waals surface area contributed by atoms with Gasteiger partial charge in [0.25, 0.3) is 0 Å². The van der Waals surface area contributed by atoms with Crippen LogP contribution < -0.4 is 10.2 Å². The van der Waals surface area contributed by atoms with Crippen LogP contribution in [0, 0.1) is 23.7 Å². The Labute approximate surface area is 128 Å². The maximum Gasteiger partial charge on any atom is 0.414 e. The van der Waals surface area contributed by atoms with Crippen LogP contribution >= 0.6 is 0 Å². The molecule has 3 rings (SSSR count). The highest BCUT2D eigenvalue weighted by molar-refractivity contribution is 6.00. The SMILES string of the molecule is Cc1c(NC(=O)C2(C#N)CCC2)cccc1N1CCOC1=O. The number of rotatable bonds is 3. The van der Waals surface area contributed by atoms with Crippen LogP contribution in [0.2, 0.25) is 0 Å². The molecule has 1 N–H and O–H groups in total. The van der Waals surface area contributed by atoms with Crippen molar-refractivity contribution in [3.05, 3.63) is 23.8 Å². The molecule has 0 radical (unpaired) electrons. The Kier molecular flexibility index (Phi) is 3.49. The maximum atomic E-state index is 12.4. The first-order chi connectivity index (χ1) is 10.6. The van der Waals surface area contributed by atoms with E-state index in [4.69, 9.17) is 4.74 Å². The molecule has 22 heavy (non-hydrogen) atoms. The summed E-state index contributed by atoms with van der Waals surface area (Å²) in [6, 6.07) is 7.52. The molecule has 0 bridgehead atoms. The van der Waals surface area contributed by atoms with E-state index in [2.05, 4.69) is 11.4 Å². The van der Waals surface area contributed by atoms with Gasteiger partial charge in [0.2, 0.25) is 5.91 Å². The molecule has 6 nitrogen and oxygen atoms in total. The average Bonchev–Trinajstić information content (AvgIpc) is 2.87. The van der Waals surface area contributed by atoms with E-state index in [9.17, 15) is 14.9 Å². The second-order valence-corrected chi connectivity index (χ2v) is 5.72. The molecule has 6 heteroatoms. The van der Waals surface area contributed by atoms with Gasteiger partial charge in [0, 0.05) is 5.69 Å². The smallest absolute Gasteiger partial charge is 0.414 e. The number of ether oxygens (including phenoxy) is 1. The highest BCUT2D eigenvalue weighted by atomic mass is 16.6. The predicted octanol–water partition coefficient (Wildman–Crippen LogP) is 2.58. The molecule has 0 spiro atoms. The molecular weight excluding hydrogens is 282 g/mol. The third-order valence-corrected chi connectivity index (χ3v) is 4.46. The van der Waals surface area contributed by atoms with Gasteiger partial charge in [-0.1, -0.05) is 6.07 Å². The zero-order valence-electron chi connectivity index (χ0n) is 12.4. The molecular formula is C16H17N3O3. The summed E-state index contributed by atoms with van der Waals surface area (Å²) in [5, 5.41) is 12.1. The van der Waals surface area contributed by atoms with Crippen LogP contribution in [0.25, 0.3) is 0 Å². The molecule has 1 aromatic rings. The Morgan fingerprint density at radius 1 is 1.45 bits per heavy atom. The first kappa shape index (κ1) is 14.4. The minimum Gasteiger partial charge on any atom is -0.447 e. The number of benzene rings is 1. The number of nitrogens with one attached hydrogen (secondary N) is 1. The van der Waals surface area contributed by atoms with E-state index in [1.165, 1.54) is 0 Å². The van der Waals surface area contributed by atoms with Gasteiger partial charge in [-0.15, -0.1) is 0 Å². The molecule has 114 valence electrons. The molecule has 0 unspecified atom stereocenters. The molecule has 1 aromatic carbocycles. The topological polar surface area (TPSA) is 82.4 Å². The molecule has 0 aromatic heterocycles. The van der Waals surface area contributed by atoms with Gasteiger partial charge in [-0.05, 0) is 43.9 Å². The molecule has 2 amide bonds. The van der Waals surface area contributed by atoms with E-state index < -0.39 is 5.41 Å². The summed E-state index contributed by atoms with van der Waals surface area (Å²) in [5.41, 5.74) is 1.25. The standard InChI is InChI=1S/C16H17N3O3/c1-11-12(18-14(20)16(10-17)6-3-7-16)4-2-5-13(11)19-8-9-22-15(19)21/h2,4-5H,3,6-9H2,1H3,(H,18,20). The van der Waals surface area contributed by atoms with E-state index in [0.29, 0.717) is 31.7 Å². The summed E-state index contributed by atoms with van der Waals surface area (Å²) in [4.78, 5) is 25.6. The summed E-state index contributed by atoms with van der Waals surface area (Å²) < 4.78 is 4.95. The molecule has 1 aliphatic carbocycles. The van der Waals surface area contributed by atoms with Crippen LogP contribution in [0.5, 0.6) is 0 Å². The van der Waals surface area contributed by atoms with Gasteiger partial charge in [0.15, 0.2) is 0 Å². The van der Waals surface area contributed by atoms with Crippen LogP contribution in [0.15, 0.2) is 18.2 Å². The van der Waals surface area contributed by atoms with E-state index in [0.717, 1.165) is 17.7 Å². The number of anilines is 2. The Hall–Kier alpha value is -2.55. The second-order valence-electron chi connectivity index (χ2n) is 5.72. The molecule has 2 fully saturated rings. The molecule has 0 atom stereocenters. The fourth-order valence-electron chi connectivity index (χ4n) is 2.83. The lowest BCUT2D eigenvalue weighted by atomic mass is 9.69. The maximum absolute atomic E-state index is 12.4. The predicted molar refractivity (Wildman–Crippen MR) is 80.4 cm³/mol. The van der Waals surface area contributed by atoms with Crippen molar-refractivity contribution < 1.29 is 14.3 Å². The number of carbonyl (C=O) groups is 2. The van der Waals surface area contributed by atoms with Crippen LogP contribution in [-0.4, -0.2) is 25.2 Å². The molecule has 1 heterocycles. The van der Waals surface area contributed by atoms with Crippen LogP contribution in [0.1, 0.15) is 24.8 Å². The Bertz CT molecular complexity index is 674. The number of hydrogen-bond acceptors (Lipinski definition) is 4. The number of hydrogen-bond donors (Lipinski definition) is 1. The first-order valence-corrected chi connectivity index (χ1v) is 7.34.